The molecule has 5 heterocycles. The standard InChI is InChI=1S/C28H33N9O2S/c1-4-22-26-34-30-17-37(26)23-15-29-28(33-25(23)36(22)16-20-6-5-13-40-20)32-21-8-7-18(14-24(21)39-3)27(38)31-19-9-11-35(2)12-10-19/h5-8,13-15,17,19,22H,4,9-12,16H2,1-3H3,(H,31,38)(H,29,32,33)/t22-/m1/s1. The second-order valence-corrected chi connectivity index (χ2v) is 11.2. The summed E-state index contributed by atoms with van der Waals surface area (Å²) in [6.07, 6.45) is 6.27. The van der Waals surface area contributed by atoms with Gasteiger partial charge in [0.05, 0.1) is 31.6 Å². The van der Waals surface area contributed by atoms with Crippen molar-refractivity contribution in [3.63, 3.8) is 0 Å². The number of nitrogens with one attached hydrogen (secondary N) is 2. The molecule has 1 atom stereocenters. The number of carbonyl (C=O) groups is 1. The highest BCUT2D eigenvalue weighted by atomic mass is 32.1. The first kappa shape index (κ1) is 26.2. The van der Waals surface area contributed by atoms with Crippen molar-refractivity contribution >= 4 is 34.7 Å². The van der Waals surface area contributed by atoms with Gasteiger partial charge in [-0.05, 0) is 69.0 Å². The average Bonchev–Trinajstić information content (AvgIpc) is 3.67. The van der Waals surface area contributed by atoms with Crippen molar-refractivity contribution in [2.24, 2.45) is 0 Å². The topological polar surface area (TPSA) is 113 Å². The lowest BCUT2D eigenvalue weighted by molar-refractivity contribution is 0.0916. The minimum absolute atomic E-state index is 0.0248. The second-order valence-electron chi connectivity index (χ2n) is 10.2. The smallest absolute Gasteiger partial charge is 0.251 e. The van der Waals surface area contributed by atoms with Gasteiger partial charge in [-0.25, -0.2) is 4.98 Å². The molecule has 0 aliphatic carbocycles. The molecule has 1 aromatic carbocycles. The molecule has 0 unspecified atom stereocenters. The van der Waals surface area contributed by atoms with Crippen LogP contribution in [0.3, 0.4) is 0 Å². The third-order valence-corrected chi connectivity index (χ3v) is 8.45. The van der Waals surface area contributed by atoms with Crippen LogP contribution >= 0.6 is 11.3 Å². The van der Waals surface area contributed by atoms with E-state index in [0.29, 0.717) is 29.5 Å². The first-order chi connectivity index (χ1) is 19.5. The van der Waals surface area contributed by atoms with Gasteiger partial charge in [-0.3, -0.25) is 9.36 Å². The number of ether oxygens (including phenoxy) is 1. The number of anilines is 3. The number of amides is 1. The number of thiophene rings is 1. The van der Waals surface area contributed by atoms with Crippen LogP contribution in [0.4, 0.5) is 17.5 Å². The van der Waals surface area contributed by atoms with E-state index in [1.54, 1.807) is 43.1 Å². The zero-order valence-corrected chi connectivity index (χ0v) is 23.7. The molecule has 4 aromatic rings. The summed E-state index contributed by atoms with van der Waals surface area (Å²) in [5, 5.41) is 17.1. The van der Waals surface area contributed by atoms with Gasteiger partial charge in [0.15, 0.2) is 11.6 Å². The number of likely N-dealkylation sites (tertiary alicyclic amines) is 1. The Bertz CT molecular complexity index is 1480. The Labute approximate surface area is 237 Å². The number of nitrogens with zero attached hydrogens (tertiary/aromatic N) is 7. The molecule has 0 radical (unpaired) electrons. The summed E-state index contributed by atoms with van der Waals surface area (Å²) < 4.78 is 7.62. The van der Waals surface area contributed by atoms with Gasteiger partial charge in [0.1, 0.15) is 17.8 Å². The lowest BCUT2D eigenvalue weighted by Crippen LogP contribution is -2.43. The normalized spacial score (nSPS) is 17.3. The number of hydrogen-bond acceptors (Lipinski definition) is 10. The molecule has 1 saturated heterocycles. The quantitative estimate of drug-likeness (QED) is 0.328. The first-order valence-electron chi connectivity index (χ1n) is 13.5. The van der Waals surface area contributed by atoms with Crippen molar-refractivity contribution < 1.29 is 9.53 Å². The second kappa shape index (κ2) is 11.2. The minimum atomic E-state index is -0.0935. The van der Waals surface area contributed by atoms with Gasteiger partial charge in [0.25, 0.3) is 5.91 Å². The highest BCUT2D eigenvalue weighted by Crippen LogP contribution is 2.40. The van der Waals surface area contributed by atoms with E-state index in [0.717, 1.165) is 49.7 Å². The van der Waals surface area contributed by atoms with E-state index in [4.69, 9.17) is 9.72 Å². The maximum atomic E-state index is 13.0. The molecule has 0 bridgehead atoms. The largest absolute Gasteiger partial charge is 0.495 e. The highest BCUT2D eigenvalue weighted by molar-refractivity contribution is 7.09. The Balaban J connectivity index is 1.26. The Morgan fingerprint density at radius 1 is 1.23 bits per heavy atom. The van der Waals surface area contributed by atoms with Crippen molar-refractivity contribution in [3.05, 3.63) is 64.5 Å². The number of carbonyl (C=O) groups excluding carboxylic acids is 1. The van der Waals surface area contributed by atoms with E-state index >= 15 is 0 Å². The van der Waals surface area contributed by atoms with Crippen LogP contribution in [0.15, 0.2) is 48.2 Å². The van der Waals surface area contributed by atoms with Crippen LogP contribution in [0.5, 0.6) is 5.75 Å². The predicted molar refractivity (Wildman–Crippen MR) is 155 cm³/mol. The summed E-state index contributed by atoms with van der Waals surface area (Å²) >= 11 is 1.72. The van der Waals surface area contributed by atoms with Crippen LogP contribution in [0.25, 0.3) is 5.69 Å². The highest BCUT2D eigenvalue weighted by Gasteiger charge is 2.34. The molecule has 208 valence electrons. The SMILES string of the molecule is CC[C@@H]1c2nncn2-c2cnc(Nc3ccc(C(=O)NC4CCN(C)CC4)cc3OC)nc2N1Cc1cccs1. The fraction of sp³-hybridized carbons (Fsp3) is 0.393. The van der Waals surface area contributed by atoms with Crippen molar-refractivity contribution in [1.82, 2.24) is 34.9 Å². The Hall–Kier alpha value is -4.03. The fourth-order valence-electron chi connectivity index (χ4n) is 5.39. The average molecular weight is 560 g/mol. The molecular weight excluding hydrogens is 526 g/mol. The molecule has 2 aliphatic rings. The number of hydrogen-bond donors (Lipinski definition) is 2. The molecule has 0 saturated carbocycles. The summed E-state index contributed by atoms with van der Waals surface area (Å²) in [5.74, 6) is 2.57. The van der Waals surface area contributed by atoms with Gasteiger partial charge in [-0.1, -0.05) is 13.0 Å². The van der Waals surface area contributed by atoms with Gasteiger partial charge < -0.3 is 25.2 Å². The number of fused-ring (bicyclic) bond motifs is 3. The van der Waals surface area contributed by atoms with E-state index in [9.17, 15) is 4.79 Å². The van der Waals surface area contributed by atoms with Crippen LogP contribution < -0.4 is 20.3 Å². The molecule has 2 N–H and O–H groups in total. The van der Waals surface area contributed by atoms with Crippen LogP contribution in [-0.4, -0.2) is 68.8 Å². The Morgan fingerprint density at radius 2 is 2.08 bits per heavy atom. The molecule has 1 amide bonds. The molecule has 12 heteroatoms. The van der Waals surface area contributed by atoms with Crippen molar-refractivity contribution in [2.45, 2.75) is 44.8 Å². The molecule has 0 spiro atoms. The van der Waals surface area contributed by atoms with E-state index in [-0.39, 0.29) is 18.0 Å². The number of aromatic nitrogens is 5. The Kier molecular flexibility index (Phi) is 7.35. The minimum Gasteiger partial charge on any atom is -0.495 e. The van der Waals surface area contributed by atoms with Crippen molar-refractivity contribution in [3.8, 4) is 11.4 Å². The van der Waals surface area contributed by atoms with Gasteiger partial charge >= 0.3 is 0 Å². The van der Waals surface area contributed by atoms with Gasteiger partial charge in [0, 0.05) is 16.5 Å². The van der Waals surface area contributed by atoms with Gasteiger partial charge in [-0.15, -0.1) is 21.5 Å². The van der Waals surface area contributed by atoms with Crippen LogP contribution in [0, 0.1) is 0 Å². The summed E-state index contributed by atoms with van der Waals surface area (Å²) in [6.45, 7) is 4.82. The molecule has 1 fully saturated rings. The van der Waals surface area contributed by atoms with Crippen LogP contribution in [0.1, 0.15) is 53.3 Å². The summed E-state index contributed by atoms with van der Waals surface area (Å²) in [4.78, 5) is 28.3. The molecular formula is C28H33N9O2S. The molecule has 2 aliphatic heterocycles. The fourth-order valence-corrected chi connectivity index (χ4v) is 6.09. The maximum Gasteiger partial charge on any atom is 0.251 e. The van der Waals surface area contributed by atoms with E-state index in [2.05, 4.69) is 67.1 Å². The van der Waals surface area contributed by atoms with Gasteiger partial charge in [0.2, 0.25) is 5.95 Å². The lowest BCUT2D eigenvalue weighted by atomic mass is 10.0. The van der Waals surface area contributed by atoms with Crippen molar-refractivity contribution in [2.75, 3.05) is 37.5 Å². The molecule has 11 nitrogen and oxygen atoms in total. The third kappa shape index (κ3) is 5.11. The summed E-state index contributed by atoms with van der Waals surface area (Å²) in [5.41, 5.74) is 2.07. The van der Waals surface area contributed by atoms with Crippen molar-refractivity contribution in [1.29, 1.82) is 0 Å². The number of methoxy groups -OCH3 is 1. The van der Waals surface area contributed by atoms with E-state index in [1.807, 2.05) is 10.6 Å². The number of piperidine rings is 1. The van der Waals surface area contributed by atoms with Crippen LogP contribution in [0.2, 0.25) is 0 Å². The Morgan fingerprint density at radius 3 is 2.83 bits per heavy atom. The summed E-state index contributed by atoms with van der Waals surface area (Å²) in [7, 11) is 3.70. The van der Waals surface area contributed by atoms with E-state index < -0.39 is 0 Å². The lowest BCUT2D eigenvalue weighted by Gasteiger charge is -2.36. The maximum absolute atomic E-state index is 13.0. The molecule has 3 aromatic heterocycles. The third-order valence-electron chi connectivity index (χ3n) is 7.59. The monoisotopic (exact) mass is 559 g/mol. The predicted octanol–water partition coefficient (Wildman–Crippen LogP) is 4.17. The van der Waals surface area contributed by atoms with E-state index in [1.165, 1.54) is 4.88 Å². The number of benzene rings is 1. The van der Waals surface area contributed by atoms with Gasteiger partial charge in [-0.2, -0.15) is 4.98 Å². The zero-order valence-electron chi connectivity index (χ0n) is 22.9. The molecule has 40 heavy (non-hydrogen) atoms. The van der Waals surface area contributed by atoms with Crippen LogP contribution in [-0.2, 0) is 6.54 Å². The summed E-state index contributed by atoms with van der Waals surface area (Å²) in [6, 6.07) is 9.79. The number of rotatable bonds is 8. The zero-order chi connectivity index (χ0) is 27.6. The first-order valence-corrected chi connectivity index (χ1v) is 14.4. The molecule has 6 rings (SSSR count).